The zero-order valence-electron chi connectivity index (χ0n) is 14.5. The molecule has 0 aliphatic carbocycles. The Morgan fingerprint density at radius 2 is 2.12 bits per heavy atom. The van der Waals surface area contributed by atoms with E-state index in [1.54, 1.807) is 13.1 Å². The Morgan fingerprint density at radius 3 is 2.76 bits per heavy atom. The molecule has 1 aliphatic rings. The first-order valence-corrected chi connectivity index (χ1v) is 8.69. The molecule has 5 nitrogen and oxygen atoms in total. The van der Waals surface area contributed by atoms with E-state index in [0.717, 1.165) is 30.0 Å². The van der Waals surface area contributed by atoms with Crippen LogP contribution in [0.3, 0.4) is 0 Å². The standard InChI is InChI=1S/C20H24N2O3/c1-15(23)17-9-11-22(13-17)20(24)12-16-5-7-19(8-6-16)25-14-18-4-2-3-10-21-18/h2-8,10,15,17,23H,9,11-14H2,1H3. The number of nitrogens with zero attached hydrogens (tertiary/aromatic N) is 2. The van der Waals surface area contributed by atoms with Gasteiger partial charge in [0.1, 0.15) is 12.4 Å². The first kappa shape index (κ1) is 17.4. The van der Waals surface area contributed by atoms with Crippen LogP contribution in [-0.2, 0) is 17.8 Å². The Balaban J connectivity index is 1.50. The van der Waals surface area contributed by atoms with E-state index in [9.17, 15) is 9.90 Å². The minimum atomic E-state index is -0.353. The second-order valence-corrected chi connectivity index (χ2v) is 6.56. The van der Waals surface area contributed by atoms with Crippen LogP contribution in [0.15, 0.2) is 48.7 Å². The molecule has 1 aliphatic heterocycles. The van der Waals surface area contributed by atoms with Gasteiger partial charge in [-0.25, -0.2) is 0 Å². The molecule has 1 fully saturated rings. The van der Waals surface area contributed by atoms with Crippen LogP contribution in [0.2, 0.25) is 0 Å². The molecule has 5 heteroatoms. The summed E-state index contributed by atoms with van der Waals surface area (Å²) in [4.78, 5) is 18.5. The number of rotatable bonds is 6. The van der Waals surface area contributed by atoms with Gasteiger partial charge in [0, 0.05) is 25.2 Å². The summed E-state index contributed by atoms with van der Waals surface area (Å²) in [5.41, 5.74) is 1.85. The van der Waals surface area contributed by atoms with Crippen LogP contribution >= 0.6 is 0 Å². The zero-order chi connectivity index (χ0) is 17.6. The highest BCUT2D eigenvalue weighted by Gasteiger charge is 2.28. The number of carbonyl (C=O) groups excluding carboxylic acids is 1. The topological polar surface area (TPSA) is 62.7 Å². The fourth-order valence-corrected chi connectivity index (χ4v) is 3.04. The van der Waals surface area contributed by atoms with E-state index in [1.807, 2.05) is 47.4 Å². The third kappa shape index (κ3) is 4.79. The van der Waals surface area contributed by atoms with Crippen molar-refractivity contribution in [1.82, 2.24) is 9.88 Å². The van der Waals surface area contributed by atoms with Crippen LogP contribution in [0, 0.1) is 5.92 Å². The fourth-order valence-electron chi connectivity index (χ4n) is 3.04. The second-order valence-electron chi connectivity index (χ2n) is 6.56. The van der Waals surface area contributed by atoms with E-state index in [4.69, 9.17) is 4.74 Å². The van der Waals surface area contributed by atoms with Crippen molar-refractivity contribution in [3.63, 3.8) is 0 Å². The van der Waals surface area contributed by atoms with Gasteiger partial charge in [0.25, 0.3) is 0 Å². The largest absolute Gasteiger partial charge is 0.487 e. The van der Waals surface area contributed by atoms with Gasteiger partial charge in [0.05, 0.1) is 18.2 Å². The summed E-state index contributed by atoms with van der Waals surface area (Å²) in [6.45, 7) is 3.61. The van der Waals surface area contributed by atoms with Gasteiger partial charge in [-0.3, -0.25) is 9.78 Å². The molecule has 1 saturated heterocycles. The number of pyridine rings is 1. The lowest BCUT2D eigenvalue weighted by molar-refractivity contribution is -0.129. The number of ether oxygens (including phenoxy) is 1. The molecule has 2 heterocycles. The molecule has 1 aromatic carbocycles. The van der Waals surface area contributed by atoms with Crippen molar-refractivity contribution in [2.75, 3.05) is 13.1 Å². The van der Waals surface area contributed by atoms with Gasteiger partial charge in [0.15, 0.2) is 0 Å². The summed E-state index contributed by atoms with van der Waals surface area (Å²) in [5.74, 6) is 1.08. The number of hydrogen-bond donors (Lipinski definition) is 1. The molecule has 2 aromatic rings. The van der Waals surface area contributed by atoms with E-state index >= 15 is 0 Å². The van der Waals surface area contributed by atoms with Gasteiger partial charge >= 0.3 is 0 Å². The summed E-state index contributed by atoms with van der Waals surface area (Å²) in [5, 5.41) is 9.65. The van der Waals surface area contributed by atoms with E-state index in [2.05, 4.69) is 4.98 Å². The first-order chi connectivity index (χ1) is 12.1. The summed E-state index contributed by atoms with van der Waals surface area (Å²) in [7, 11) is 0. The Kier molecular flexibility index (Phi) is 5.66. The number of likely N-dealkylation sites (tertiary alicyclic amines) is 1. The molecule has 3 rings (SSSR count). The molecule has 25 heavy (non-hydrogen) atoms. The summed E-state index contributed by atoms with van der Waals surface area (Å²) >= 11 is 0. The Morgan fingerprint density at radius 1 is 1.32 bits per heavy atom. The van der Waals surface area contributed by atoms with Crippen LogP contribution in [0.4, 0.5) is 0 Å². The summed E-state index contributed by atoms with van der Waals surface area (Å²) < 4.78 is 5.71. The Bertz CT molecular complexity index is 686. The van der Waals surface area contributed by atoms with Gasteiger partial charge in [-0.15, -0.1) is 0 Å². The number of benzene rings is 1. The van der Waals surface area contributed by atoms with Gasteiger partial charge < -0.3 is 14.7 Å². The highest BCUT2D eigenvalue weighted by atomic mass is 16.5. The van der Waals surface area contributed by atoms with Crippen molar-refractivity contribution in [2.24, 2.45) is 5.92 Å². The smallest absolute Gasteiger partial charge is 0.227 e. The number of aliphatic hydroxyl groups is 1. The van der Waals surface area contributed by atoms with Crippen molar-refractivity contribution < 1.29 is 14.6 Å². The van der Waals surface area contributed by atoms with Crippen molar-refractivity contribution >= 4 is 5.91 Å². The number of hydrogen-bond acceptors (Lipinski definition) is 4. The van der Waals surface area contributed by atoms with Crippen LogP contribution in [0.5, 0.6) is 5.75 Å². The van der Waals surface area contributed by atoms with Crippen molar-refractivity contribution in [1.29, 1.82) is 0 Å². The van der Waals surface area contributed by atoms with E-state index in [-0.39, 0.29) is 17.9 Å². The highest BCUT2D eigenvalue weighted by molar-refractivity contribution is 5.79. The normalized spacial score (nSPS) is 18.2. The SMILES string of the molecule is CC(O)C1CCN(C(=O)Cc2ccc(OCc3ccccn3)cc2)C1. The molecule has 2 atom stereocenters. The molecule has 132 valence electrons. The van der Waals surface area contributed by atoms with Gasteiger partial charge in [-0.05, 0) is 43.2 Å². The minimum absolute atomic E-state index is 0.116. The summed E-state index contributed by atoms with van der Waals surface area (Å²) in [6.07, 6.45) is 2.65. The number of aliphatic hydroxyl groups excluding tert-OH is 1. The van der Waals surface area contributed by atoms with Crippen LogP contribution < -0.4 is 4.74 Å². The lowest BCUT2D eigenvalue weighted by atomic mass is 10.0. The predicted molar refractivity (Wildman–Crippen MR) is 95.1 cm³/mol. The van der Waals surface area contributed by atoms with Crippen molar-refractivity contribution in [3.05, 3.63) is 59.9 Å². The van der Waals surface area contributed by atoms with E-state index < -0.39 is 0 Å². The van der Waals surface area contributed by atoms with Crippen LogP contribution in [0.1, 0.15) is 24.6 Å². The van der Waals surface area contributed by atoms with Gasteiger partial charge in [-0.1, -0.05) is 18.2 Å². The molecule has 0 spiro atoms. The van der Waals surface area contributed by atoms with Crippen molar-refractivity contribution in [3.8, 4) is 5.75 Å². The molecule has 1 amide bonds. The monoisotopic (exact) mass is 340 g/mol. The van der Waals surface area contributed by atoms with Crippen LogP contribution in [0.25, 0.3) is 0 Å². The molecule has 1 N–H and O–H groups in total. The lowest BCUT2D eigenvalue weighted by Gasteiger charge is -2.18. The van der Waals surface area contributed by atoms with Crippen LogP contribution in [-0.4, -0.2) is 40.1 Å². The Labute approximate surface area is 148 Å². The van der Waals surface area contributed by atoms with Gasteiger partial charge in [-0.2, -0.15) is 0 Å². The maximum atomic E-state index is 12.4. The molecular weight excluding hydrogens is 316 g/mol. The molecule has 0 radical (unpaired) electrons. The number of carbonyl (C=O) groups is 1. The quantitative estimate of drug-likeness (QED) is 0.877. The molecule has 1 aromatic heterocycles. The molecule has 0 bridgehead atoms. The maximum Gasteiger partial charge on any atom is 0.227 e. The number of aromatic nitrogens is 1. The Hall–Kier alpha value is -2.40. The first-order valence-electron chi connectivity index (χ1n) is 8.69. The average molecular weight is 340 g/mol. The predicted octanol–water partition coefficient (Wildman–Crippen LogP) is 2.43. The maximum absolute atomic E-state index is 12.4. The highest BCUT2D eigenvalue weighted by Crippen LogP contribution is 2.21. The zero-order valence-corrected chi connectivity index (χ0v) is 14.5. The molecule has 0 saturated carbocycles. The minimum Gasteiger partial charge on any atom is -0.487 e. The van der Waals surface area contributed by atoms with E-state index in [1.165, 1.54) is 0 Å². The molecule has 2 unspecified atom stereocenters. The third-order valence-electron chi connectivity index (χ3n) is 4.65. The summed E-state index contributed by atoms with van der Waals surface area (Å²) in [6, 6.07) is 13.3. The lowest BCUT2D eigenvalue weighted by Crippen LogP contribution is -2.31. The molecular formula is C20H24N2O3. The number of amides is 1. The fraction of sp³-hybridized carbons (Fsp3) is 0.400. The van der Waals surface area contributed by atoms with E-state index in [0.29, 0.717) is 19.6 Å². The van der Waals surface area contributed by atoms with Crippen molar-refractivity contribution in [2.45, 2.75) is 32.5 Å². The second kappa shape index (κ2) is 8.12. The third-order valence-corrected chi connectivity index (χ3v) is 4.65. The van der Waals surface area contributed by atoms with Gasteiger partial charge in [0.2, 0.25) is 5.91 Å². The average Bonchev–Trinajstić information content (AvgIpc) is 3.13.